The van der Waals surface area contributed by atoms with E-state index >= 15 is 0 Å². The second-order valence-corrected chi connectivity index (χ2v) is 11.8. The van der Waals surface area contributed by atoms with Crippen LogP contribution < -0.4 is 25.9 Å². The number of nitrogens with one attached hydrogen (secondary N) is 1. The number of fused-ring (bicyclic) bond motifs is 1. The molecule has 2 N–H and O–H groups in total. The van der Waals surface area contributed by atoms with Gasteiger partial charge in [0, 0.05) is 0 Å². The number of methoxy groups -OCH3 is 1. The Morgan fingerprint density at radius 1 is 1.11 bits per heavy atom. The van der Waals surface area contributed by atoms with Gasteiger partial charge in [0.1, 0.15) is 0 Å². The average molecular weight is 576 g/mol. The predicted octanol–water partition coefficient (Wildman–Crippen LogP) is 3.79. The number of allylic oxidation sites excluding steroid dienone is 1. The first-order valence-corrected chi connectivity index (χ1v) is 14.4. The van der Waals surface area contributed by atoms with Gasteiger partial charge in [-0.15, -0.1) is 0 Å². The third-order valence-electron chi connectivity index (χ3n) is 6.30. The Balaban J connectivity index is 1.72. The van der Waals surface area contributed by atoms with Crippen LogP contribution in [0.4, 0.5) is 0 Å². The van der Waals surface area contributed by atoms with Crippen molar-refractivity contribution in [1.29, 1.82) is 0 Å². The van der Waals surface area contributed by atoms with Crippen LogP contribution in [0.5, 0.6) is 5.75 Å². The number of ether oxygens (including phenoxy) is 1. The minimum absolute atomic E-state index is 0.227. The Bertz CT molecular complexity index is 1410. The molecule has 1 atom stereocenters. The molecule has 0 bridgehead atoms. The number of benzene rings is 3. The summed E-state index contributed by atoms with van der Waals surface area (Å²) in [5, 5.41) is 10.2. The van der Waals surface area contributed by atoms with E-state index in [0.29, 0.717) is 3.92 Å². The quantitative estimate of drug-likeness (QED) is 0.145. The van der Waals surface area contributed by atoms with Gasteiger partial charge in [-0.1, -0.05) is 0 Å². The van der Waals surface area contributed by atoms with E-state index in [0.717, 1.165) is 34.5 Å². The van der Waals surface area contributed by atoms with Crippen molar-refractivity contribution in [1.82, 2.24) is 4.98 Å². The van der Waals surface area contributed by atoms with Gasteiger partial charge >= 0.3 is 206 Å². The van der Waals surface area contributed by atoms with E-state index in [9.17, 15) is 4.79 Å². The van der Waals surface area contributed by atoms with Crippen LogP contribution in [0.25, 0.3) is 28.1 Å². The molecule has 1 saturated heterocycles. The SMILES string of the molecule is CC/C(=C(/c1ccc(/C=C/C(=O)O)cc1)c1cc2ccccc2[nH]1)c1ccc(OC)cc1C1C[I-]1. The summed E-state index contributed by atoms with van der Waals surface area (Å²) in [4.78, 5) is 14.6. The predicted molar refractivity (Wildman–Crippen MR) is 138 cm³/mol. The minimum atomic E-state index is -0.948. The van der Waals surface area contributed by atoms with Crippen molar-refractivity contribution in [3.63, 3.8) is 0 Å². The summed E-state index contributed by atoms with van der Waals surface area (Å²) in [6, 6.07) is 25.2. The summed E-state index contributed by atoms with van der Waals surface area (Å²) in [7, 11) is 1.73. The van der Waals surface area contributed by atoms with E-state index in [-0.39, 0.29) is 21.2 Å². The van der Waals surface area contributed by atoms with E-state index in [1.165, 1.54) is 38.2 Å². The molecule has 178 valence electrons. The van der Waals surface area contributed by atoms with E-state index in [4.69, 9.17) is 9.84 Å². The molecule has 1 unspecified atom stereocenters. The zero-order chi connectivity index (χ0) is 24.4. The van der Waals surface area contributed by atoms with Crippen LogP contribution in [-0.4, -0.2) is 27.6 Å². The van der Waals surface area contributed by atoms with Crippen LogP contribution in [0.1, 0.15) is 45.2 Å². The zero-order valence-electron chi connectivity index (χ0n) is 19.7. The number of para-hydroxylation sites is 1. The molecule has 3 aromatic carbocycles. The summed E-state index contributed by atoms with van der Waals surface area (Å²) < 4.78 is 7.58. The first-order valence-electron chi connectivity index (χ1n) is 11.7. The van der Waals surface area contributed by atoms with E-state index in [1.54, 1.807) is 13.2 Å². The molecule has 5 rings (SSSR count). The number of carbonyl (C=O) groups is 1. The second kappa shape index (κ2) is 10.1. The Hall–Kier alpha value is -3.32. The number of aromatic nitrogens is 1. The first kappa shape index (κ1) is 23.4. The van der Waals surface area contributed by atoms with Gasteiger partial charge in [0.2, 0.25) is 0 Å². The number of hydrogen-bond donors (Lipinski definition) is 2. The van der Waals surface area contributed by atoms with Gasteiger partial charge in [-0.25, -0.2) is 4.79 Å². The maximum atomic E-state index is 10.9. The molecular weight excluding hydrogens is 549 g/mol. The number of halogens is 1. The van der Waals surface area contributed by atoms with Crippen molar-refractivity contribution in [2.45, 2.75) is 17.3 Å². The fourth-order valence-electron chi connectivity index (χ4n) is 4.54. The average Bonchev–Trinajstić information content (AvgIpc) is 3.64. The number of carboxylic acid groups (broad SMARTS) is 1. The Kier molecular flexibility index (Phi) is 6.77. The summed E-state index contributed by atoms with van der Waals surface area (Å²) in [6.07, 6.45) is 3.68. The van der Waals surface area contributed by atoms with E-state index in [1.807, 2.05) is 12.1 Å². The number of H-pyrrole nitrogens is 1. The van der Waals surface area contributed by atoms with Gasteiger partial charge in [0.25, 0.3) is 0 Å². The molecule has 0 aliphatic carbocycles. The first-order chi connectivity index (χ1) is 17.1. The third-order valence-corrected chi connectivity index (χ3v) is 8.73. The van der Waals surface area contributed by atoms with Crippen LogP contribution >= 0.6 is 0 Å². The second-order valence-electron chi connectivity index (χ2n) is 8.50. The number of carboxylic acids is 1. The molecule has 1 aromatic heterocycles. The Morgan fingerprint density at radius 2 is 1.89 bits per heavy atom. The molecule has 5 heteroatoms. The van der Waals surface area contributed by atoms with Crippen molar-refractivity contribution in [2.24, 2.45) is 0 Å². The molecule has 0 spiro atoms. The monoisotopic (exact) mass is 576 g/mol. The molecule has 4 nitrogen and oxygen atoms in total. The van der Waals surface area contributed by atoms with Crippen molar-refractivity contribution >= 4 is 34.1 Å². The molecular formula is C30H27INO3-. The Morgan fingerprint density at radius 3 is 2.54 bits per heavy atom. The van der Waals surface area contributed by atoms with Gasteiger partial charge in [-0.2, -0.15) is 0 Å². The van der Waals surface area contributed by atoms with Crippen molar-refractivity contribution in [3.8, 4) is 5.75 Å². The van der Waals surface area contributed by atoms with Crippen LogP contribution in [0.15, 0.2) is 78.9 Å². The van der Waals surface area contributed by atoms with Crippen LogP contribution in [-0.2, 0) is 4.79 Å². The molecule has 0 amide bonds. The molecule has 0 radical (unpaired) electrons. The molecule has 0 saturated carbocycles. The number of rotatable bonds is 8. The number of hydrogen-bond acceptors (Lipinski definition) is 2. The van der Waals surface area contributed by atoms with Crippen LogP contribution in [0.2, 0.25) is 0 Å². The molecule has 35 heavy (non-hydrogen) atoms. The van der Waals surface area contributed by atoms with Crippen molar-refractivity contribution < 1.29 is 35.8 Å². The van der Waals surface area contributed by atoms with Crippen LogP contribution in [0.3, 0.4) is 0 Å². The molecule has 4 aromatic rings. The summed E-state index contributed by atoms with van der Waals surface area (Å²) >= 11 is 0.227. The summed E-state index contributed by atoms with van der Waals surface area (Å²) in [5.41, 5.74) is 9.36. The molecule has 2 heterocycles. The van der Waals surface area contributed by atoms with Crippen molar-refractivity contribution in [3.05, 3.63) is 107 Å². The van der Waals surface area contributed by atoms with E-state index < -0.39 is 5.97 Å². The van der Waals surface area contributed by atoms with Gasteiger partial charge < -0.3 is 5.11 Å². The number of aromatic amines is 1. The van der Waals surface area contributed by atoms with Crippen LogP contribution in [0, 0.1) is 0 Å². The van der Waals surface area contributed by atoms with Crippen molar-refractivity contribution in [2.75, 3.05) is 11.5 Å². The van der Waals surface area contributed by atoms with Gasteiger partial charge in [0.15, 0.2) is 0 Å². The summed E-state index contributed by atoms with van der Waals surface area (Å²) in [6.45, 7) is 2.22. The fourth-order valence-corrected chi connectivity index (χ4v) is 6.26. The normalized spacial score (nSPS) is 16.1. The van der Waals surface area contributed by atoms with E-state index in [2.05, 4.69) is 72.6 Å². The fraction of sp³-hybridized carbons (Fsp3) is 0.167. The van der Waals surface area contributed by atoms with Gasteiger partial charge in [-0.05, 0) is 0 Å². The zero-order valence-corrected chi connectivity index (χ0v) is 21.9. The van der Waals surface area contributed by atoms with Gasteiger partial charge in [0.05, 0.1) is 0 Å². The van der Waals surface area contributed by atoms with Gasteiger partial charge in [-0.3, -0.25) is 0 Å². The Labute approximate surface area is 215 Å². The molecule has 1 aliphatic heterocycles. The number of aliphatic carboxylic acids is 1. The number of alkyl halides is 2. The third kappa shape index (κ3) is 5.05. The molecule has 1 aliphatic rings. The molecule has 1 fully saturated rings. The summed E-state index contributed by atoms with van der Waals surface area (Å²) in [5.74, 6) is -0.0345. The topological polar surface area (TPSA) is 62.3 Å². The standard InChI is InChI=1S/C30H27INO3/c1-3-23(24-14-13-22(35-2)17-25(24)26-18-31-26)30(28-16-21-6-4-5-7-27(21)32-28)20-11-8-19(9-12-20)10-15-29(33)34/h4-17,26,32H,3,18H2,1-2H3,(H,33,34)/q-1/b15-10+,30-23+. The maximum absolute atomic E-state index is 10.9.